The molecule has 1 atom stereocenters. The van der Waals surface area contributed by atoms with Crippen LogP contribution in [0.15, 0.2) is 24.3 Å². The Balaban J connectivity index is 2.47. The van der Waals surface area contributed by atoms with E-state index in [1.807, 2.05) is 38.2 Å². The Labute approximate surface area is 97.2 Å². The van der Waals surface area contributed by atoms with Crippen molar-refractivity contribution >= 4 is 5.91 Å². The van der Waals surface area contributed by atoms with Crippen molar-refractivity contribution in [3.05, 3.63) is 35.4 Å². The Morgan fingerprint density at radius 2 is 2.12 bits per heavy atom. The molecule has 0 saturated carbocycles. The molecule has 0 aliphatic carbocycles. The van der Waals surface area contributed by atoms with Crippen LogP contribution in [0.3, 0.4) is 0 Å². The maximum absolute atomic E-state index is 11.8. The first-order valence-corrected chi connectivity index (χ1v) is 5.63. The Bertz CT molecular complexity index is 350. The summed E-state index contributed by atoms with van der Waals surface area (Å²) in [6.07, 6.45) is 0. The zero-order chi connectivity index (χ0) is 12.0. The van der Waals surface area contributed by atoms with Gasteiger partial charge in [0, 0.05) is 12.1 Å². The van der Waals surface area contributed by atoms with Crippen LogP contribution in [0, 0.1) is 12.8 Å². The first kappa shape index (κ1) is 12.7. The first-order chi connectivity index (χ1) is 7.63. The van der Waals surface area contributed by atoms with Gasteiger partial charge >= 0.3 is 0 Å². The molecule has 0 radical (unpaired) electrons. The zero-order valence-corrected chi connectivity index (χ0v) is 10.2. The minimum absolute atomic E-state index is 0.00616. The van der Waals surface area contributed by atoms with Crippen LogP contribution >= 0.6 is 0 Å². The molecule has 0 spiro atoms. The molecule has 0 saturated heterocycles. The van der Waals surface area contributed by atoms with Gasteiger partial charge in [-0.2, -0.15) is 0 Å². The summed E-state index contributed by atoms with van der Waals surface area (Å²) >= 11 is 0. The third-order valence-electron chi connectivity index (χ3n) is 2.44. The molecule has 3 heteroatoms. The Morgan fingerprint density at radius 3 is 2.75 bits per heavy atom. The molecular formula is C13H20N2O. The number of amides is 1. The molecule has 2 N–H and O–H groups in total. The molecule has 1 unspecified atom stereocenters. The molecule has 0 fully saturated rings. The molecule has 0 aromatic heterocycles. The van der Waals surface area contributed by atoms with Gasteiger partial charge in [0.05, 0.1) is 0 Å². The van der Waals surface area contributed by atoms with Crippen molar-refractivity contribution in [3.8, 4) is 0 Å². The predicted octanol–water partition coefficient (Wildman–Crippen LogP) is 1.58. The van der Waals surface area contributed by atoms with Gasteiger partial charge in [-0.15, -0.1) is 0 Å². The summed E-state index contributed by atoms with van der Waals surface area (Å²) in [5, 5.41) is 6.02. The van der Waals surface area contributed by atoms with Crippen LogP contribution in [0.2, 0.25) is 0 Å². The van der Waals surface area contributed by atoms with E-state index in [0.29, 0.717) is 12.5 Å². The van der Waals surface area contributed by atoms with Gasteiger partial charge in [-0.3, -0.25) is 4.79 Å². The summed E-state index contributed by atoms with van der Waals surface area (Å²) in [7, 11) is 1.92. The second-order valence-electron chi connectivity index (χ2n) is 4.24. The topological polar surface area (TPSA) is 41.1 Å². The van der Waals surface area contributed by atoms with Crippen LogP contribution in [0.1, 0.15) is 22.8 Å². The summed E-state index contributed by atoms with van der Waals surface area (Å²) in [4.78, 5) is 11.8. The summed E-state index contributed by atoms with van der Waals surface area (Å²) in [5.74, 6) is 0.449. The Hall–Kier alpha value is -1.35. The van der Waals surface area contributed by atoms with Crippen molar-refractivity contribution in [2.24, 2.45) is 5.92 Å². The van der Waals surface area contributed by atoms with Gasteiger partial charge in [-0.25, -0.2) is 0 Å². The molecule has 88 valence electrons. The van der Waals surface area contributed by atoms with E-state index in [1.165, 1.54) is 0 Å². The van der Waals surface area contributed by atoms with Crippen molar-refractivity contribution in [2.45, 2.75) is 13.8 Å². The number of carbonyl (C=O) groups excluding carboxylic acids is 1. The maximum atomic E-state index is 11.8. The second-order valence-corrected chi connectivity index (χ2v) is 4.24. The van der Waals surface area contributed by atoms with Gasteiger partial charge in [-0.05, 0) is 38.6 Å². The van der Waals surface area contributed by atoms with Gasteiger partial charge < -0.3 is 10.6 Å². The fourth-order valence-corrected chi connectivity index (χ4v) is 1.58. The molecule has 0 heterocycles. The number of carbonyl (C=O) groups is 1. The largest absolute Gasteiger partial charge is 0.352 e. The number of benzene rings is 1. The lowest BCUT2D eigenvalue weighted by atomic mass is 10.1. The minimum Gasteiger partial charge on any atom is -0.352 e. The highest BCUT2D eigenvalue weighted by atomic mass is 16.1. The highest BCUT2D eigenvalue weighted by Crippen LogP contribution is 2.03. The number of hydrogen-bond acceptors (Lipinski definition) is 2. The quantitative estimate of drug-likeness (QED) is 0.791. The smallest absolute Gasteiger partial charge is 0.251 e. The number of aryl methyl sites for hydroxylation is 1. The van der Waals surface area contributed by atoms with Crippen LogP contribution in [0.25, 0.3) is 0 Å². The van der Waals surface area contributed by atoms with Crippen LogP contribution < -0.4 is 10.6 Å². The fourth-order valence-electron chi connectivity index (χ4n) is 1.58. The summed E-state index contributed by atoms with van der Waals surface area (Å²) < 4.78 is 0. The predicted molar refractivity (Wildman–Crippen MR) is 66.6 cm³/mol. The van der Waals surface area contributed by atoms with Crippen molar-refractivity contribution < 1.29 is 4.79 Å². The van der Waals surface area contributed by atoms with E-state index in [0.717, 1.165) is 17.7 Å². The summed E-state index contributed by atoms with van der Waals surface area (Å²) in [5.41, 5.74) is 1.84. The molecule has 16 heavy (non-hydrogen) atoms. The van der Waals surface area contributed by atoms with Gasteiger partial charge in [0.15, 0.2) is 0 Å². The van der Waals surface area contributed by atoms with E-state index in [2.05, 4.69) is 17.6 Å². The molecule has 1 rings (SSSR count). The second kappa shape index (κ2) is 6.28. The molecular weight excluding hydrogens is 200 g/mol. The lowest BCUT2D eigenvalue weighted by molar-refractivity contribution is 0.0948. The summed E-state index contributed by atoms with van der Waals surface area (Å²) in [6, 6.07) is 7.63. The zero-order valence-electron chi connectivity index (χ0n) is 10.2. The van der Waals surface area contributed by atoms with Crippen molar-refractivity contribution in [3.63, 3.8) is 0 Å². The molecule has 0 aliphatic rings. The van der Waals surface area contributed by atoms with E-state index < -0.39 is 0 Å². The molecule has 1 amide bonds. The van der Waals surface area contributed by atoms with E-state index in [1.54, 1.807) is 0 Å². The van der Waals surface area contributed by atoms with Crippen LogP contribution in [0.5, 0.6) is 0 Å². The minimum atomic E-state index is 0.00616. The van der Waals surface area contributed by atoms with Gasteiger partial charge in [0.2, 0.25) is 0 Å². The lowest BCUT2D eigenvalue weighted by Gasteiger charge is -2.12. The van der Waals surface area contributed by atoms with E-state index in [9.17, 15) is 4.79 Å². The molecule has 0 aliphatic heterocycles. The van der Waals surface area contributed by atoms with Crippen molar-refractivity contribution in [1.82, 2.24) is 10.6 Å². The highest BCUT2D eigenvalue weighted by molar-refractivity contribution is 5.94. The van der Waals surface area contributed by atoms with E-state index in [-0.39, 0.29) is 5.91 Å². The van der Waals surface area contributed by atoms with Crippen LogP contribution in [-0.2, 0) is 0 Å². The Morgan fingerprint density at radius 1 is 1.38 bits per heavy atom. The third-order valence-corrected chi connectivity index (χ3v) is 2.44. The monoisotopic (exact) mass is 220 g/mol. The average Bonchev–Trinajstić information content (AvgIpc) is 2.26. The fraction of sp³-hybridized carbons (Fsp3) is 0.462. The van der Waals surface area contributed by atoms with Gasteiger partial charge in [0.1, 0.15) is 0 Å². The van der Waals surface area contributed by atoms with Crippen molar-refractivity contribution in [2.75, 3.05) is 20.1 Å². The molecule has 1 aromatic carbocycles. The van der Waals surface area contributed by atoms with E-state index >= 15 is 0 Å². The first-order valence-electron chi connectivity index (χ1n) is 5.63. The number of rotatable bonds is 5. The molecule has 3 nitrogen and oxygen atoms in total. The third kappa shape index (κ3) is 4.03. The molecule has 1 aromatic rings. The maximum Gasteiger partial charge on any atom is 0.251 e. The van der Waals surface area contributed by atoms with Crippen molar-refractivity contribution in [1.29, 1.82) is 0 Å². The normalized spacial score (nSPS) is 12.2. The SMILES string of the molecule is CNCC(C)CNC(=O)c1cccc(C)c1. The standard InChI is InChI=1S/C13H20N2O/c1-10-5-4-6-12(7-10)13(16)15-9-11(2)8-14-3/h4-7,11,14H,8-9H2,1-3H3,(H,15,16). The number of hydrogen-bond donors (Lipinski definition) is 2. The number of nitrogens with one attached hydrogen (secondary N) is 2. The van der Waals surface area contributed by atoms with Crippen LogP contribution in [-0.4, -0.2) is 26.0 Å². The average molecular weight is 220 g/mol. The van der Waals surface area contributed by atoms with Gasteiger partial charge in [0.25, 0.3) is 5.91 Å². The Kier molecular flexibility index (Phi) is 4.99. The van der Waals surface area contributed by atoms with E-state index in [4.69, 9.17) is 0 Å². The van der Waals surface area contributed by atoms with Crippen LogP contribution in [0.4, 0.5) is 0 Å². The van der Waals surface area contributed by atoms with Gasteiger partial charge in [-0.1, -0.05) is 24.6 Å². The highest BCUT2D eigenvalue weighted by Gasteiger charge is 2.06. The molecule has 0 bridgehead atoms. The lowest BCUT2D eigenvalue weighted by Crippen LogP contribution is -2.32. The summed E-state index contributed by atoms with van der Waals surface area (Å²) in [6.45, 7) is 5.70.